The largest absolute Gasteiger partial charge is 0.325 e. The van der Waals surface area contributed by atoms with Crippen LogP contribution in [0.1, 0.15) is 40.0 Å². The molecule has 2 aliphatic rings. The predicted molar refractivity (Wildman–Crippen MR) is 83.7 cm³/mol. The van der Waals surface area contributed by atoms with Crippen LogP contribution in [-0.2, 0) is 9.59 Å². The number of hydrogen-bond donors (Lipinski definition) is 1. The summed E-state index contributed by atoms with van der Waals surface area (Å²) in [7, 11) is 0. The van der Waals surface area contributed by atoms with Crippen molar-refractivity contribution in [3.05, 3.63) is 35.6 Å². The second-order valence-electron chi connectivity index (χ2n) is 5.39. The van der Waals surface area contributed by atoms with Gasteiger partial charge in [0, 0.05) is 23.6 Å². The number of hydrogen-bond acceptors (Lipinski definition) is 2. The summed E-state index contributed by atoms with van der Waals surface area (Å²) in [6, 6.07) is 0. The number of nitrogens with one attached hydrogen (secondary N) is 1. The lowest BCUT2D eigenvalue weighted by molar-refractivity contribution is -0.121. The Balaban J connectivity index is 2.23. The average molecular weight is 286 g/mol. The highest BCUT2D eigenvalue weighted by atomic mass is 16.2. The van der Waals surface area contributed by atoms with Crippen molar-refractivity contribution in [2.75, 3.05) is 0 Å². The van der Waals surface area contributed by atoms with Crippen LogP contribution in [0.25, 0.3) is 0 Å². The second kappa shape index (κ2) is 6.66. The average Bonchev–Trinajstić information content (AvgIpc) is 2.47. The fourth-order valence-corrected chi connectivity index (χ4v) is 2.72. The minimum atomic E-state index is -0.102. The zero-order valence-corrected chi connectivity index (χ0v) is 12.8. The van der Waals surface area contributed by atoms with Gasteiger partial charge in [0.2, 0.25) is 11.8 Å². The van der Waals surface area contributed by atoms with Gasteiger partial charge in [0.15, 0.2) is 0 Å². The highest BCUT2D eigenvalue weighted by Crippen LogP contribution is 2.29. The molecule has 0 saturated heterocycles. The van der Waals surface area contributed by atoms with Crippen molar-refractivity contribution in [3.63, 3.8) is 0 Å². The van der Waals surface area contributed by atoms with Gasteiger partial charge in [-0.15, -0.1) is 0 Å². The monoisotopic (exact) mass is 286 g/mol. The van der Waals surface area contributed by atoms with Gasteiger partial charge in [0.25, 0.3) is 0 Å². The molecule has 21 heavy (non-hydrogen) atoms. The van der Waals surface area contributed by atoms with Crippen LogP contribution in [0.2, 0.25) is 0 Å². The Morgan fingerprint density at radius 3 is 2.62 bits per heavy atom. The van der Waals surface area contributed by atoms with E-state index in [0.717, 1.165) is 30.5 Å². The summed E-state index contributed by atoms with van der Waals surface area (Å²) >= 11 is 0. The van der Waals surface area contributed by atoms with Gasteiger partial charge in [-0.2, -0.15) is 0 Å². The first-order valence-electron chi connectivity index (χ1n) is 7.62. The number of nitrogens with zero attached hydrogens (tertiary/aromatic N) is 1. The Kier molecular flexibility index (Phi) is 4.89. The Morgan fingerprint density at radius 2 is 2.00 bits per heavy atom. The van der Waals surface area contributed by atoms with E-state index in [2.05, 4.69) is 10.3 Å². The van der Waals surface area contributed by atoms with Crippen LogP contribution in [0.4, 0.5) is 0 Å². The predicted octanol–water partition coefficient (Wildman–Crippen LogP) is 2.93. The van der Waals surface area contributed by atoms with Gasteiger partial charge in [-0.05, 0) is 31.4 Å². The molecule has 2 amide bonds. The first-order chi connectivity index (χ1) is 10.1. The Morgan fingerprint density at radius 1 is 1.29 bits per heavy atom. The minimum absolute atomic E-state index is 0.0194. The van der Waals surface area contributed by atoms with Gasteiger partial charge in [-0.3, -0.25) is 9.59 Å². The van der Waals surface area contributed by atoms with Crippen LogP contribution in [0.5, 0.6) is 0 Å². The van der Waals surface area contributed by atoms with E-state index in [1.54, 1.807) is 6.08 Å². The Hall–Kier alpha value is -1.97. The fraction of sp³-hybridized carbons (Fsp3) is 0.471. The molecule has 0 radical (unpaired) electrons. The van der Waals surface area contributed by atoms with Crippen molar-refractivity contribution in [2.24, 2.45) is 16.8 Å². The molecule has 0 aromatic heterocycles. The van der Waals surface area contributed by atoms with Crippen molar-refractivity contribution in [1.82, 2.24) is 5.32 Å². The van der Waals surface area contributed by atoms with E-state index < -0.39 is 0 Å². The van der Waals surface area contributed by atoms with Crippen molar-refractivity contribution in [2.45, 2.75) is 40.0 Å². The molecular formula is C17H22N2O2. The van der Waals surface area contributed by atoms with Gasteiger partial charge in [-0.25, -0.2) is 4.99 Å². The molecule has 0 aromatic rings. The van der Waals surface area contributed by atoms with E-state index in [9.17, 15) is 9.59 Å². The van der Waals surface area contributed by atoms with Gasteiger partial charge in [0.05, 0.1) is 5.71 Å². The molecule has 112 valence electrons. The van der Waals surface area contributed by atoms with Gasteiger partial charge in [-0.1, -0.05) is 32.4 Å². The maximum atomic E-state index is 12.1. The summed E-state index contributed by atoms with van der Waals surface area (Å²) in [5.74, 6) is -0.0948. The maximum absolute atomic E-state index is 12.1. The topological polar surface area (TPSA) is 58.5 Å². The maximum Gasteiger partial charge on any atom is 0.249 e. The summed E-state index contributed by atoms with van der Waals surface area (Å²) in [6.07, 6.45) is 9.77. The number of rotatable bonds is 4. The third kappa shape index (κ3) is 3.38. The minimum Gasteiger partial charge on any atom is -0.325 e. The number of carbonyl (C=O) groups is 2. The molecule has 0 aromatic carbocycles. The second-order valence-corrected chi connectivity index (χ2v) is 5.39. The van der Waals surface area contributed by atoms with Crippen LogP contribution < -0.4 is 5.32 Å². The molecule has 0 spiro atoms. The van der Waals surface area contributed by atoms with E-state index in [-0.39, 0.29) is 23.7 Å². The van der Waals surface area contributed by atoms with Gasteiger partial charge < -0.3 is 5.32 Å². The molecule has 2 rings (SSSR count). The van der Waals surface area contributed by atoms with Crippen LogP contribution >= 0.6 is 0 Å². The van der Waals surface area contributed by atoms with Crippen LogP contribution in [-0.4, -0.2) is 17.5 Å². The molecular weight excluding hydrogens is 264 g/mol. The standard InChI is InChI=1S/C17H22N2O2/c1-4-11(5-2)17(21)18-13-7-8-14-12(6-3)9-16(20)19-15(14)10-13/h7-11,14H,4-6H2,1-3H3,(H,19,20). The third-order valence-corrected chi connectivity index (χ3v) is 4.06. The zero-order valence-electron chi connectivity index (χ0n) is 12.8. The molecule has 1 heterocycles. The van der Waals surface area contributed by atoms with Crippen molar-refractivity contribution in [1.29, 1.82) is 0 Å². The Labute approximate surface area is 125 Å². The van der Waals surface area contributed by atoms with Crippen LogP contribution in [0.15, 0.2) is 40.6 Å². The summed E-state index contributed by atoms with van der Waals surface area (Å²) in [4.78, 5) is 27.9. The summed E-state index contributed by atoms with van der Waals surface area (Å²) in [6.45, 7) is 6.03. The lowest BCUT2D eigenvalue weighted by Gasteiger charge is -2.27. The fourth-order valence-electron chi connectivity index (χ4n) is 2.72. The Bertz CT molecular complexity index is 563. The van der Waals surface area contributed by atoms with E-state index in [4.69, 9.17) is 0 Å². The number of carbonyl (C=O) groups excluding carboxylic acids is 2. The van der Waals surface area contributed by atoms with Crippen LogP contribution in [0.3, 0.4) is 0 Å². The third-order valence-electron chi connectivity index (χ3n) is 4.06. The molecule has 0 bridgehead atoms. The lowest BCUT2D eigenvalue weighted by atomic mass is 9.86. The van der Waals surface area contributed by atoms with Crippen LogP contribution in [0, 0.1) is 11.8 Å². The number of fused-ring (bicyclic) bond motifs is 1. The molecule has 0 fully saturated rings. The first-order valence-corrected chi connectivity index (χ1v) is 7.62. The molecule has 4 nitrogen and oxygen atoms in total. The summed E-state index contributed by atoms with van der Waals surface area (Å²) in [5, 5.41) is 2.85. The van der Waals surface area contributed by atoms with Crippen molar-refractivity contribution in [3.8, 4) is 0 Å². The molecule has 1 unspecified atom stereocenters. The van der Waals surface area contributed by atoms with Gasteiger partial charge in [0.1, 0.15) is 0 Å². The summed E-state index contributed by atoms with van der Waals surface area (Å²) in [5.41, 5.74) is 2.53. The van der Waals surface area contributed by atoms with Crippen molar-refractivity contribution < 1.29 is 9.59 Å². The molecule has 1 aliphatic carbocycles. The SMILES string of the molecule is CCC1=CC(=O)NC2=CC(=NC(=O)C(CC)CC)C=CC12. The van der Waals surface area contributed by atoms with Gasteiger partial charge >= 0.3 is 0 Å². The molecule has 1 atom stereocenters. The van der Waals surface area contributed by atoms with E-state index in [1.165, 1.54) is 0 Å². The number of aliphatic imine (C=N–C) groups is 1. The number of allylic oxidation sites excluding steroid dienone is 3. The molecule has 1 N–H and O–H groups in total. The highest BCUT2D eigenvalue weighted by Gasteiger charge is 2.25. The highest BCUT2D eigenvalue weighted by molar-refractivity contribution is 6.11. The van der Waals surface area contributed by atoms with E-state index in [0.29, 0.717) is 5.71 Å². The molecule has 4 heteroatoms. The molecule has 0 saturated carbocycles. The van der Waals surface area contributed by atoms with E-state index >= 15 is 0 Å². The van der Waals surface area contributed by atoms with Crippen molar-refractivity contribution >= 4 is 17.5 Å². The lowest BCUT2D eigenvalue weighted by Crippen LogP contribution is -2.33. The summed E-state index contributed by atoms with van der Waals surface area (Å²) < 4.78 is 0. The smallest absolute Gasteiger partial charge is 0.249 e. The first kappa shape index (κ1) is 15.4. The van der Waals surface area contributed by atoms with E-state index in [1.807, 2.05) is 39.0 Å². The zero-order chi connectivity index (χ0) is 15.4. The number of amides is 2. The molecule has 1 aliphatic heterocycles. The quantitative estimate of drug-likeness (QED) is 0.863. The normalized spacial score (nSPS) is 22.8.